The molecule has 0 amide bonds. The summed E-state index contributed by atoms with van der Waals surface area (Å²) in [6.45, 7) is 2.27. The molecule has 0 bridgehead atoms. The van der Waals surface area contributed by atoms with Gasteiger partial charge in [0.25, 0.3) is 10.0 Å². The van der Waals surface area contributed by atoms with Crippen molar-refractivity contribution >= 4 is 15.7 Å². The van der Waals surface area contributed by atoms with Gasteiger partial charge in [0.2, 0.25) is 0 Å². The number of nitrogens with zero attached hydrogens (tertiary/aromatic N) is 2. The van der Waals surface area contributed by atoms with Crippen LogP contribution in [-0.4, -0.2) is 25.4 Å². The molecule has 0 spiro atoms. The number of anilines is 1. The number of sulfonamides is 1. The van der Waals surface area contributed by atoms with Crippen LogP contribution >= 0.6 is 0 Å². The van der Waals surface area contributed by atoms with Crippen molar-refractivity contribution in [1.82, 2.24) is 9.97 Å². The zero-order valence-corrected chi connectivity index (χ0v) is 12.3. The minimum absolute atomic E-state index is 0.0926. The molecule has 3 N–H and O–H groups in total. The lowest BCUT2D eigenvalue weighted by Gasteiger charge is -2.18. The molecule has 6 nitrogen and oxygen atoms in total. The molecule has 0 fully saturated rings. The molecule has 2 rings (SSSR count). The molecular weight excluding hydrogens is 276 g/mol. The van der Waals surface area contributed by atoms with Crippen LogP contribution in [0.5, 0.6) is 0 Å². The van der Waals surface area contributed by atoms with E-state index in [1.54, 1.807) is 18.2 Å². The number of imidazole rings is 1. The number of aromatic amines is 1. The van der Waals surface area contributed by atoms with Crippen molar-refractivity contribution in [3.63, 3.8) is 0 Å². The maximum absolute atomic E-state index is 12.5. The van der Waals surface area contributed by atoms with Gasteiger partial charge in [0.15, 0.2) is 5.03 Å². The molecule has 20 heavy (non-hydrogen) atoms. The minimum Gasteiger partial charge on any atom is -0.332 e. The van der Waals surface area contributed by atoms with E-state index in [1.807, 2.05) is 13.0 Å². The third-order valence-electron chi connectivity index (χ3n) is 3.09. The Morgan fingerprint density at radius 1 is 1.40 bits per heavy atom. The number of rotatable bonds is 5. The van der Waals surface area contributed by atoms with Gasteiger partial charge in [0.05, 0.1) is 11.9 Å². The van der Waals surface area contributed by atoms with E-state index in [-0.39, 0.29) is 5.03 Å². The van der Waals surface area contributed by atoms with Crippen molar-refractivity contribution in [2.75, 3.05) is 11.4 Å². The van der Waals surface area contributed by atoms with Crippen molar-refractivity contribution in [2.24, 2.45) is 5.73 Å². The van der Waals surface area contributed by atoms with Gasteiger partial charge in [-0.05, 0) is 17.7 Å². The Morgan fingerprint density at radius 3 is 2.75 bits per heavy atom. The van der Waals surface area contributed by atoms with Crippen LogP contribution in [0.4, 0.5) is 5.69 Å². The van der Waals surface area contributed by atoms with Gasteiger partial charge >= 0.3 is 0 Å². The number of benzene rings is 1. The highest BCUT2D eigenvalue weighted by Gasteiger charge is 2.23. The zero-order chi connectivity index (χ0) is 14.8. The quantitative estimate of drug-likeness (QED) is 0.868. The summed E-state index contributed by atoms with van der Waals surface area (Å²) in [4.78, 5) is 6.85. The molecule has 1 aromatic carbocycles. The largest absolute Gasteiger partial charge is 0.332 e. The lowest BCUT2D eigenvalue weighted by Crippen LogP contribution is -2.27. The Balaban J connectivity index is 2.37. The average Bonchev–Trinajstić information content (AvgIpc) is 2.96. The van der Waals surface area contributed by atoms with Crippen molar-refractivity contribution < 1.29 is 8.42 Å². The average molecular weight is 294 g/mol. The lowest BCUT2D eigenvalue weighted by molar-refractivity contribution is 0.591. The molecule has 0 aliphatic carbocycles. The Bertz CT molecular complexity index is 694. The lowest BCUT2D eigenvalue weighted by atomic mass is 10.2. The van der Waals surface area contributed by atoms with Gasteiger partial charge in [-0.15, -0.1) is 0 Å². The van der Waals surface area contributed by atoms with Crippen molar-refractivity contribution in [3.05, 3.63) is 41.9 Å². The predicted octanol–water partition coefficient (Wildman–Crippen LogP) is 1.26. The molecule has 1 heterocycles. The standard InChI is InChI=1S/C13H18N4O2S/c1-3-12-15-9-13(16-12)20(18,19)17(2)11-6-4-5-10(7-11)8-14/h4-7,9H,3,8,14H2,1-2H3,(H,15,16). The summed E-state index contributed by atoms with van der Waals surface area (Å²) < 4.78 is 26.2. The van der Waals surface area contributed by atoms with Gasteiger partial charge in [0, 0.05) is 20.0 Å². The van der Waals surface area contributed by atoms with E-state index >= 15 is 0 Å². The summed E-state index contributed by atoms with van der Waals surface area (Å²) in [5.41, 5.74) is 7.02. The first-order valence-corrected chi connectivity index (χ1v) is 7.75. The minimum atomic E-state index is -3.63. The summed E-state index contributed by atoms with van der Waals surface area (Å²) in [5, 5.41) is 0.0926. The maximum Gasteiger partial charge on any atom is 0.281 e. The van der Waals surface area contributed by atoms with E-state index in [0.717, 1.165) is 5.56 Å². The Kier molecular flexibility index (Phi) is 4.10. The van der Waals surface area contributed by atoms with Crippen LogP contribution in [0.15, 0.2) is 35.5 Å². The fraction of sp³-hybridized carbons (Fsp3) is 0.308. The third kappa shape index (κ3) is 2.68. The number of aryl methyl sites for hydroxylation is 1. The highest BCUT2D eigenvalue weighted by molar-refractivity contribution is 7.92. The van der Waals surface area contributed by atoms with Crippen LogP contribution in [0.2, 0.25) is 0 Å². The summed E-state index contributed by atoms with van der Waals surface area (Å²) in [5.74, 6) is 0.646. The van der Waals surface area contributed by atoms with Crippen LogP contribution in [0.1, 0.15) is 18.3 Å². The summed E-state index contributed by atoms with van der Waals surface area (Å²) in [6, 6.07) is 7.13. The zero-order valence-electron chi connectivity index (χ0n) is 11.5. The van der Waals surface area contributed by atoms with Crippen LogP contribution in [0, 0.1) is 0 Å². The first kappa shape index (κ1) is 14.5. The Labute approximate surface area is 118 Å². The van der Waals surface area contributed by atoms with E-state index in [4.69, 9.17) is 5.73 Å². The second-order valence-corrected chi connectivity index (χ2v) is 6.33. The number of aromatic nitrogens is 2. The Morgan fingerprint density at radius 2 is 2.15 bits per heavy atom. The maximum atomic E-state index is 12.5. The van der Waals surface area contributed by atoms with Crippen molar-refractivity contribution in [1.29, 1.82) is 0 Å². The van der Waals surface area contributed by atoms with Crippen LogP contribution in [0.3, 0.4) is 0 Å². The normalized spacial score (nSPS) is 11.6. The number of nitrogens with one attached hydrogen (secondary N) is 1. The second kappa shape index (κ2) is 5.64. The summed E-state index contributed by atoms with van der Waals surface area (Å²) >= 11 is 0. The van der Waals surface area contributed by atoms with Crippen molar-refractivity contribution in [3.8, 4) is 0 Å². The van der Waals surface area contributed by atoms with Gasteiger partial charge in [-0.25, -0.2) is 4.98 Å². The number of hydrogen-bond donors (Lipinski definition) is 2. The van der Waals surface area contributed by atoms with E-state index < -0.39 is 10.0 Å². The van der Waals surface area contributed by atoms with Crippen LogP contribution < -0.4 is 10.0 Å². The second-order valence-electron chi connectivity index (χ2n) is 4.39. The fourth-order valence-corrected chi connectivity index (χ4v) is 2.94. The summed E-state index contributed by atoms with van der Waals surface area (Å²) in [7, 11) is -2.12. The Hall–Kier alpha value is -1.86. The topological polar surface area (TPSA) is 92.1 Å². The fourth-order valence-electron chi connectivity index (χ4n) is 1.82. The molecule has 0 saturated heterocycles. The number of H-pyrrole nitrogens is 1. The first-order valence-electron chi connectivity index (χ1n) is 6.31. The summed E-state index contributed by atoms with van der Waals surface area (Å²) in [6.07, 6.45) is 2.00. The SMILES string of the molecule is CCc1ncc(S(=O)(=O)N(C)c2cccc(CN)c2)[nH]1. The molecule has 7 heteroatoms. The van der Waals surface area contributed by atoms with Gasteiger partial charge in [-0.3, -0.25) is 4.31 Å². The molecule has 108 valence electrons. The van der Waals surface area contributed by atoms with Crippen molar-refractivity contribution in [2.45, 2.75) is 24.9 Å². The molecular formula is C13H18N4O2S. The number of nitrogens with two attached hydrogens (primary N) is 1. The molecule has 0 aliphatic rings. The highest BCUT2D eigenvalue weighted by atomic mass is 32.2. The molecule has 0 aliphatic heterocycles. The molecule has 0 saturated carbocycles. The number of hydrogen-bond acceptors (Lipinski definition) is 4. The van der Waals surface area contributed by atoms with Gasteiger partial charge in [-0.2, -0.15) is 8.42 Å². The van der Waals surface area contributed by atoms with E-state index in [9.17, 15) is 8.42 Å². The monoisotopic (exact) mass is 294 g/mol. The molecule has 0 atom stereocenters. The van der Waals surface area contributed by atoms with Crippen LogP contribution in [0.25, 0.3) is 0 Å². The molecule has 1 aromatic heterocycles. The molecule has 0 unspecified atom stereocenters. The van der Waals surface area contributed by atoms with Gasteiger partial charge in [0.1, 0.15) is 5.82 Å². The van der Waals surface area contributed by atoms with E-state index in [0.29, 0.717) is 24.5 Å². The van der Waals surface area contributed by atoms with Gasteiger partial charge in [-0.1, -0.05) is 19.1 Å². The molecule has 2 aromatic rings. The predicted molar refractivity (Wildman–Crippen MR) is 77.9 cm³/mol. The smallest absolute Gasteiger partial charge is 0.281 e. The van der Waals surface area contributed by atoms with E-state index in [2.05, 4.69) is 9.97 Å². The highest BCUT2D eigenvalue weighted by Crippen LogP contribution is 2.21. The van der Waals surface area contributed by atoms with E-state index in [1.165, 1.54) is 17.5 Å². The third-order valence-corrected chi connectivity index (χ3v) is 4.78. The van der Waals surface area contributed by atoms with Gasteiger partial charge < -0.3 is 10.7 Å². The van der Waals surface area contributed by atoms with Crippen LogP contribution in [-0.2, 0) is 23.0 Å². The first-order chi connectivity index (χ1) is 9.48. The molecule has 0 radical (unpaired) electrons.